The van der Waals surface area contributed by atoms with Gasteiger partial charge in [0.05, 0.1) is 6.42 Å². The van der Waals surface area contributed by atoms with Gasteiger partial charge in [-0.3, -0.25) is 4.79 Å². The monoisotopic (exact) mass is 129 g/mol. The third kappa shape index (κ3) is 7.43. The molecule has 0 rings (SSSR count). The van der Waals surface area contributed by atoms with Gasteiger partial charge in [-0.05, 0) is 19.5 Å². The molecular formula is C6H13N2O. The minimum absolute atomic E-state index is 0.340. The van der Waals surface area contributed by atoms with Crippen LogP contribution < -0.4 is 11.1 Å². The van der Waals surface area contributed by atoms with Gasteiger partial charge < -0.3 is 11.1 Å². The third-order valence-electron chi connectivity index (χ3n) is 0.917. The summed E-state index contributed by atoms with van der Waals surface area (Å²) >= 11 is 0. The molecule has 53 valence electrons. The van der Waals surface area contributed by atoms with E-state index in [-0.39, 0.29) is 5.91 Å². The molecule has 9 heavy (non-hydrogen) atoms. The summed E-state index contributed by atoms with van der Waals surface area (Å²) in [5, 5.41) is 3.06. The Balaban J connectivity index is 2.83. The average Bonchev–Trinajstić information content (AvgIpc) is 1.80. The number of amides is 1. The Morgan fingerprint density at radius 3 is 2.89 bits per heavy atom. The second kappa shape index (κ2) is 5.56. The van der Waals surface area contributed by atoms with Gasteiger partial charge in [-0.2, -0.15) is 0 Å². The summed E-state index contributed by atoms with van der Waals surface area (Å²) in [6, 6.07) is 0. The molecule has 0 aromatic heterocycles. The maximum absolute atomic E-state index is 10.1. The molecule has 3 nitrogen and oxygen atoms in total. The second-order valence-electron chi connectivity index (χ2n) is 1.75. The first-order valence-corrected chi connectivity index (χ1v) is 3.10. The predicted octanol–water partition coefficient (Wildman–Crippen LogP) is -0.324. The average molecular weight is 129 g/mol. The van der Waals surface area contributed by atoms with Crippen LogP contribution in [0.5, 0.6) is 0 Å². The van der Waals surface area contributed by atoms with Crippen molar-refractivity contribution in [1.82, 2.24) is 5.32 Å². The van der Waals surface area contributed by atoms with Gasteiger partial charge in [0, 0.05) is 0 Å². The normalized spacial score (nSPS) is 9.44. The molecule has 1 radical (unpaired) electrons. The first-order chi connectivity index (χ1) is 4.27. The zero-order valence-electron chi connectivity index (χ0n) is 5.68. The van der Waals surface area contributed by atoms with E-state index in [9.17, 15) is 4.79 Å². The number of nitrogens with one attached hydrogen (secondary N) is 1. The van der Waals surface area contributed by atoms with Gasteiger partial charge in [-0.25, -0.2) is 0 Å². The number of nitrogens with two attached hydrogens (primary N) is 1. The van der Waals surface area contributed by atoms with E-state index >= 15 is 0 Å². The lowest BCUT2D eigenvalue weighted by Crippen LogP contribution is -2.18. The van der Waals surface area contributed by atoms with Gasteiger partial charge >= 0.3 is 0 Å². The third-order valence-corrected chi connectivity index (χ3v) is 0.917. The van der Waals surface area contributed by atoms with E-state index in [4.69, 9.17) is 5.73 Å². The highest BCUT2D eigenvalue weighted by atomic mass is 16.1. The van der Waals surface area contributed by atoms with Crippen LogP contribution in [-0.4, -0.2) is 19.0 Å². The number of hydrogen-bond donors (Lipinski definition) is 2. The van der Waals surface area contributed by atoms with E-state index in [1.807, 2.05) is 6.92 Å². The summed E-state index contributed by atoms with van der Waals surface area (Å²) in [7, 11) is 0. The number of carbonyl (C=O) groups is 1. The highest BCUT2D eigenvalue weighted by molar-refractivity contribution is 5.82. The van der Waals surface area contributed by atoms with E-state index < -0.39 is 0 Å². The van der Waals surface area contributed by atoms with Crippen LogP contribution in [0.4, 0.5) is 0 Å². The first kappa shape index (κ1) is 8.43. The summed E-state index contributed by atoms with van der Waals surface area (Å²) in [6.45, 7) is 3.79. The van der Waals surface area contributed by atoms with Crippen LogP contribution >= 0.6 is 0 Å². The first-order valence-electron chi connectivity index (χ1n) is 3.10. The summed E-state index contributed by atoms with van der Waals surface area (Å²) < 4.78 is 0. The fourth-order valence-corrected chi connectivity index (χ4v) is 0.493. The predicted molar refractivity (Wildman–Crippen MR) is 36.7 cm³/mol. The SMILES string of the molecule is CCNCC[CH]C(N)=O. The quantitative estimate of drug-likeness (QED) is 0.500. The molecule has 0 heterocycles. The van der Waals surface area contributed by atoms with Gasteiger partial charge in [0.25, 0.3) is 0 Å². The Morgan fingerprint density at radius 2 is 2.44 bits per heavy atom. The van der Waals surface area contributed by atoms with Crippen LogP contribution in [0.15, 0.2) is 0 Å². The Bertz CT molecular complexity index is 83.1. The van der Waals surface area contributed by atoms with Gasteiger partial charge in [-0.1, -0.05) is 6.92 Å². The van der Waals surface area contributed by atoms with E-state index in [2.05, 4.69) is 5.32 Å². The molecule has 0 saturated carbocycles. The highest BCUT2D eigenvalue weighted by Gasteiger charge is 1.91. The molecule has 1 amide bonds. The highest BCUT2D eigenvalue weighted by Crippen LogP contribution is 1.80. The fraction of sp³-hybridized carbons (Fsp3) is 0.667. The van der Waals surface area contributed by atoms with Crippen molar-refractivity contribution >= 4 is 5.91 Å². The molecule has 3 heteroatoms. The summed E-state index contributed by atoms with van der Waals surface area (Å²) in [6.07, 6.45) is 2.20. The fourth-order valence-electron chi connectivity index (χ4n) is 0.493. The topological polar surface area (TPSA) is 55.1 Å². The van der Waals surface area contributed by atoms with Crippen molar-refractivity contribution in [3.63, 3.8) is 0 Å². The van der Waals surface area contributed by atoms with Crippen LogP contribution in [0.2, 0.25) is 0 Å². The van der Waals surface area contributed by atoms with Crippen LogP contribution in [-0.2, 0) is 4.79 Å². The van der Waals surface area contributed by atoms with Crippen LogP contribution in [0.1, 0.15) is 13.3 Å². The van der Waals surface area contributed by atoms with Crippen molar-refractivity contribution in [2.75, 3.05) is 13.1 Å². The minimum atomic E-state index is -0.340. The van der Waals surface area contributed by atoms with Gasteiger partial charge in [0.15, 0.2) is 0 Å². The maximum atomic E-state index is 10.1. The largest absolute Gasteiger partial charge is 0.369 e. The van der Waals surface area contributed by atoms with E-state index in [0.717, 1.165) is 19.5 Å². The molecule has 0 aliphatic heterocycles. The maximum Gasteiger partial charge on any atom is 0.221 e. The lowest BCUT2D eigenvalue weighted by molar-refractivity contribution is -0.115. The molecule has 0 bridgehead atoms. The number of carbonyl (C=O) groups excluding carboxylic acids is 1. The lowest BCUT2D eigenvalue weighted by atomic mass is 10.3. The van der Waals surface area contributed by atoms with Gasteiger partial charge in [0.1, 0.15) is 0 Å². The Kier molecular flexibility index (Phi) is 5.21. The van der Waals surface area contributed by atoms with Crippen molar-refractivity contribution in [1.29, 1.82) is 0 Å². The molecule has 0 aliphatic rings. The molecule has 0 unspecified atom stereocenters. The van der Waals surface area contributed by atoms with E-state index in [0.29, 0.717) is 0 Å². The van der Waals surface area contributed by atoms with Crippen molar-refractivity contribution in [3.8, 4) is 0 Å². The smallest absolute Gasteiger partial charge is 0.221 e. The molecule has 0 fully saturated rings. The molecule has 0 aromatic carbocycles. The van der Waals surface area contributed by atoms with Crippen LogP contribution in [0.3, 0.4) is 0 Å². The van der Waals surface area contributed by atoms with Crippen molar-refractivity contribution in [2.24, 2.45) is 5.73 Å². The van der Waals surface area contributed by atoms with E-state index in [1.165, 1.54) is 6.42 Å². The zero-order chi connectivity index (χ0) is 7.11. The van der Waals surface area contributed by atoms with Crippen molar-refractivity contribution < 1.29 is 4.79 Å². The molecule has 0 atom stereocenters. The zero-order valence-corrected chi connectivity index (χ0v) is 5.68. The summed E-state index contributed by atoms with van der Waals surface area (Å²) in [5.74, 6) is -0.340. The molecular weight excluding hydrogens is 116 g/mol. The second-order valence-corrected chi connectivity index (χ2v) is 1.75. The van der Waals surface area contributed by atoms with Gasteiger partial charge in [-0.15, -0.1) is 0 Å². The Labute approximate surface area is 55.6 Å². The number of rotatable bonds is 5. The minimum Gasteiger partial charge on any atom is -0.369 e. The van der Waals surface area contributed by atoms with Crippen molar-refractivity contribution in [3.05, 3.63) is 6.42 Å². The summed E-state index contributed by atoms with van der Waals surface area (Å²) in [4.78, 5) is 10.1. The molecule has 0 spiro atoms. The molecule has 0 saturated heterocycles. The van der Waals surface area contributed by atoms with Gasteiger partial charge in [0.2, 0.25) is 5.91 Å². The van der Waals surface area contributed by atoms with Crippen LogP contribution in [0, 0.1) is 6.42 Å². The Morgan fingerprint density at radius 1 is 1.78 bits per heavy atom. The summed E-state index contributed by atoms with van der Waals surface area (Å²) in [5.41, 5.74) is 4.85. The van der Waals surface area contributed by atoms with Crippen LogP contribution in [0.25, 0.3) is 0 Å². The standard InChI is InChI=1S/C6H13N2O/c1-2-8-5-3-4-6(7)9/h4,8H,2-3,5H2,1H3,(H2,7,9). The lowest BCUT2D eigenvalue weighted by Gasteiger charge is -1.96. The number of primary amides is 1. The molecule has 0 aromatic rings. The molecule has 3 N–H and O–H groups in total. The van der Waals surface area contributed by atoms with E-state index in [1.54, 1.807) is 0 Å². The van der Waals surface area contributed by atoms with Crippen molar-refractivity contribution in [2.45, 2.75) is 13.3 Å². The molecule has 0 aliphatic carbocycles. The Hall–Kier alpha value is -0.570. The number of hydrogen-bond acceptors (Lipinski definition) is 2.